The summed E-state index contributed by atoms with van der Waals surface area (Å²) in [6.45, 7) is 1.20. The number of nitrogens with one attached hydrogen (secondary N) is 4. The van der Waals surface area contributed by atoms with Crippen LogP contribution in [-0.2, 0) is 13.1 Å². The second-order valence-corrected chi connectivity index (χ2v) is 12.8. The molecule has 0 spiro atoms. The van der Waals surface area contributed by atoms with Crippen molar-refractivity contribution in [2.45, 2.75) is 13.1 Å². The normalized spacial score (nSPS) is 10.8. The highest BCUT2D eigenvalue weighted by atomic mass is 35.5. The molecule has 0 radical (unpaired) electrons. The number of carbonyl (C=O) groups excluding carboxylic acids is 2. The van der Waals surface area contributed by atoms with Gasteiger partial charge in [-0.1, -0.05) is 96.0 Å². The minimum atomic E-state index is -0.0813. The Balaban J connectivity index is 0.000000162. The summed E-state index contributed by atoms with van der Waals surface area (Å²) in [6, 6.07) is 38.0. The summed E-state index contributed by atoms with van der Waals surface area (Å²) in [6.07, 6.45) is 6.80. The van der Waals surface area contributed by atoms with Crippen molar-refractivity contribution in [2.75, 3.05) is 10.6 Å². The first-order valence-corrected chi connectivity index (χ1v) is 17.3. The van der Waals surface area contributed by atoms with Gasteiger partial charge in [0.2, 0.25) is 0 Å². The average molecular weight is 724 g/mol. The van der Waals surface area contributed by atoms with Gasteiger partial charge in [-0.15, -0.1) is 0 Å². The number of halogens is 2. The van der Waals surface area contributed by atoms with Crippen molar-refractivity contribution in [1.82, 2.24) is 19.9 Å². The molecule has 8 rings (SSSR count). The van der Waals surface area contributed by atoms with E-state index in [0.717, 1.165) is 32.9 Å². The number of fused-ring (bicyclic) bond motifs is 2. The summed E-state index contributed by atoms with van der Waals surface area (Å²) in [5.41, 5.74) is 6.21. The van der Waals surface area contributed by atoms with Crippen LogP contribution in [0.2, 0.25) is 10.0 Å². The van der Waals surface area contributed by atoms with Gasteiger partial charge in [0, 0.05) is 80.9 Å². The highest BCUT2D eigenvalue weighted by molar-refractivity contribution is 6.32. The van der Waals surface area contributed by atoms with Gasteiger partial charge in [-0.25, -0.2) is 9.97 Å². The van der Waals surface area contributed by atoms with Crippen molar-refractivity contribution >= 4 is 68.2 Å². The molecule has 0 saturated carbocycles. The standard InChI is InChI=1S/2C21H16ClN3O/c2*22-15-8-9-16-18(13-24-19(16)11-15)20(26)17-7-4-10-23-21(17)25-12-14-5-2-1-3-6-14/h2*1-11,13,24H,12H2,(H,23,25). The third kappa shape index (κ3) is 7.73. The van der Waals surface area contributed by atoms with E-state index in [1.54, 1.807) is 61.2 Å². The third-order valence-electron chi connectivity index (χ3n) is 8.49. The van der Waals surface area contributed by atoms with Gasteiger partial charge in [0.15, 0.2) is 11.6 Å². The molecule has 0 aliphatic carbocycles. The Morgan fingerprint density at radius 3 is 1.37 bits per heavy atom. The highest BCUT2D eigenvalue weighted by Crippen LogP contribution is 2.28. The molecule has 256 valence electrons. The maximum atomic E-state index is 13.1. The van der Waals surface area contributed by atoms with Crippen molar-refractivity contribution in [3.63, 3.8) is 0 Å². The van der Waals surface area contributed by atoms with Gasteiger partial charge in [0.05, 0.1) is 11.1 Å². The van der Waals surface area contributed by atoms with Crippen LogP contribution >= 0.6 is 23.2 Å². The van der Waals surface area contributed by atoms with Crippen LogP contribution in [-0.4, -0.2) is 31.5 Å². The number of benzene rings is 4. The predicted molar refractivity (Wildman–Crippen MR) is 209 cm³/mol. The number of pyridine rings is 2. The summed E-state index contributed by atoms with van der Waals surface area (Å²) in [7, 11) is 0. The third-order valence-corrected chi connectivity index (χ3v) is 8.96. The molecule has 0 aliphatic rings. The number of hydrogen-bond donors (Lipinski definition) is 4. The Hall–Kier alpha value is -6.22. The summed E-state index contributed by atoms with van der Waals surface area (Å²) in [4.78, 5) is 41.1. The molecule has 52 heavy (non-hydrogen) atoms. The van der Waals surface area contributed by atoms with Gasteiger partial charge in [0.1, 0.15) is 11.6 Å². The molecule has 4 N–H and O–H groups in total. The number of carbonyl (C=O) groups is 2. The lowest BCUT2D eigenvalue weighted by molar-refractivity contribution is 0.103. The molecule has 8 aromatic rings. The quantitative estimate of drug-likeness (QED) is 0.104. The van der Waals surface area contributed by atoms with Crippen LogP contribution in [0.4, 0.5) is 11.6 Å². The molecule has 0 bridgehead atoms. The number of H-pyrrole nitrogens is 2. The number of nitrogens with zero attached hydrogens (tertiary/aromatic N) is 2. The first-order valence-electron chi connectivity index (χ1n) is 16.5. The Bertz CT molecular complexity index is 2320. The van der Waals surface area contributed by atoms with Gasteiger partial charge in [-0.3, -0.25) is 9.59 Å². The van der Waals surface area contributed by atoms with E-state index in [0.29, 0.717) is 57.0 Å². The van der Waals surface area contributed by atoms with Crippen molar-refractivity contribution < 1.29 is 9.59 Å². The predicted octanol–water partition coefficient (Wildman–Crippen LogP) is 10.1. The van der Waals surface area contributed by atoms with Gasteiger partial charge in [0.25, 0.3) is 0 Å². The lowest BCUT2D eigenvalue weighted by Crippen LogP contribution is -2.09. The molecule has 0 saturated heterocycles. The molecule has 4 heterocycles. The van der Waals surface area contributed by atoms with Crippen LogP contribution in [0.5, 0.6) is 0 Å². The molecular weight excluding hydrogens is 691 g/mol. The molecule has 0 aliphatic heterocycles. The number of rotatable bonds is 10. The number of aromatic amines is 2. The van der Waals surface area contributed by atoms with Crippen LogP contribution in [0.1, 0.15) is 43.0 Å². The molecule has 4 aromatic carbocycles. The molecule has 0 amide bonds. The van der Waals surface area contributed by atoms with Crippen LogP contribution in [0, 0.1) is 0 Å². The zero-order chi connectivity index (χ0) is 35.9. The summed E-state index contributed by atoms with van der Waals surface area (Å²) in [5, 5.41) is 9.48. The number of aromatic nitrogens is 4. The minimum Gasteiger partial charge on any atom is -0.365 e. The van der Waals surface area contributed by atoms with E-state index in [9.17, 15) is 9.59 Å². The topological polar surface area (TPSA) is 116 Å². The minimum absolute atomic E-state index is 0.0813. The van der Waals surface area contributed by atoms with E-state index in [-0.39, 0.29) is 11.6 Å². The largest absolute Gasteiger partial charge is 0.365 e. The molecule has 0 atom stereocenters. The van der Waals surface area contributed by atoms with Crippen molar-refractivity contribution in [3.8, 4) is 0 Å². The first-order chi connectivity index (χ1) is 25.4. The zero-order valence-corrected chi connectivity index (χ0v) is 29.2. The van der Waals surface area contributed by atoms with Gasteiger partial charge < -0.3 is 20.6 Å². The second kappa shape index (κ2) is 15.8. The number of hydrogen-bond acceptors (Lipinski definition) is 6. The van der Waals surface area contributed by atoms with E-state index in [4.69, 9.17) is 23.2 Å². The van der Waals surface area contributed by atoms with E-state index < -0.39 is 0 Å². The van der Waals surface area contributed by atoms with Crippen molar-refractivity contribution in [2.24, 2.45) is 0 Å². The number of ketones is 2. The monoisotopic (exact) mass is 722 g/mol. The van der Waals surface area contributed by atoms with Gasteiger partial charge in [-0.05, 0) is 59.7 Å². The van der Waals surface area contributed by atoms with Crippen LogP contribution in [0.3, 0.4) is 0 Å². The van der Waals surface area contributed by atoms with Crippen molar-refractivity contribution in [3.05, 3.63) is 190 Å². The van der Waals surface area contributed by atoms with E-state index >= 15 is 0 Å². The van der Waals surface area contributed by atoms with E-state index in [2.05, 4.69) is 30.6 Å². The van der Waals surface area contributed by atoms with E-state index in [1.807, 2.05) is 84.9 Å². The molecule has 8 nitrogen and oxygen atoms in total. The fourth-order valence-electron chi connectivity index (χ4n) is 5.88. The molecule has 4 aromatic heterocycles. The Morgan fingerprint density at radius 2 is 0.942 bits per heavy atom. The molecular formula is C42H32Cl2N6O2. The highest BCUT2D eigenvalue weighted by Gasteiger charge is 2.19. The lowest BCUT2D eigenvalue weighted by atomic mass is 10.0. The maximum absolute atomic E-state index is 13.1. The average Bonchev–Trinajstić information content (AvgIpc) is 3.81. The molecule has 0 unspecified atom stereocenters. The fraction of sp³-hybridized carbons (Fsp3) is 0.0476. The smallest absolute Gasteiger partial charge is 0.198 e. The van der Waals surface area contributed by atoms with Crippen LogP contribution < -0.4 is 10.6 Å². The Labute approximate surface area is 309 Å². The lowest BCUT2D eigenvalue weighted by Gasteiger charge is -2.10. The Morgan fingerprint density at radius 1 is 0.519 bits per heavy atom. The first kappa shape index (κ1) is 34.2. The summed E-state index contributed by atoms with van der Waals surface area (Å²) in [5.74, 6) is 0.985. The van der Waals surface area contributed by atoms with Crippen LogP contribution in [0.15, 0.2) is 146 Å². The second-order valence-electron chi connectivity index (χ2n) is 11.9. The molecule has 10 heteroatoms. The summed E-state index contributed by atoms with van der Waals surface area (Å²) < 4.78 is 0. The zero-order valence-electron chi connectivity index (χ0n) is 27.7. The SMILES string of the molecule is O=C(c1cccnc1NCc1ccccc1)c1c[nH]c2cc(Cl)ccc12.O=C(c1cccnc1NCc1ccccc1)c1c[nH]c2cc(Cl)ccc12. The summed E-state index contributed by atoms with van der Waals surface area (Å²) >= 11 is 12.0. The van der Waals surface area contributed by atoms with Crippen molar-refractivity contribution in [1.29, 1.82) is 0 Å². The van der Waals surface area contributed by atoms with Gasteiger partial charge in [-0.2, -0.15) is 0 Å². The fourth-order valence-corrected chi connectivity index (χ4v) is 6.23. The maximum Gasteiger partial charge on any atom is 0.198 e. The van der Waals surface area contributed by atoms with Crippen LogP contribution in [0.25, 0.3) is 21.8 Å². The van der Waals surface area contributed by atoms with Gasteiger partial charge >= 0.3 is 0 Å². The Kier molecular flexibility index (Phi) is 10.4. The number of anilines is 2. The van der Waals surface area contributed by atoms with E-state index in [1.165, 1.54) is 0 Å². The molecule has 0 fully saturated rings.